The van der Waals surface area contributed by atoms with Crippen LogP contribution in [0.3, 0.4) is 0 Å². The topological polar surface area (TPSA) is 57.0 Å². The number of thioether (sulfide) groups is 1. The molecule has 25 heavy (non-hydrogen) atoms. The van der Waals surface area contributed by atoms with Gasteiger partial charge in [0, 0.05) is 12.6 Å². The number of hydrogen-bond donors (Lipinski definition) is 0. The van der Waals surface area contributed by atoms with Crippen molar-refractivity contribution >= 4 is 29.1 Å². The normalized spacial score (nSPS) is 10.6. The summed E-state index contributed by atoms with van der Waals surface area (Å²) in [5.41, 5.74) is 0.694. The third-order valence-corrected chi connectivity index (χ3v) is 4.88. The quantitative estimate of drug-likeness (QED) is 0.462. The zero-order chi connectivity index (χ0) is 17.6. The van der Waals surface area contributed by atoms with Gasteiger partial charge in [-0.05, 0) is 12.1 Å². The number of carbonyl (C=O) groups is 1. The second kappa shape index (κ2) is 8.18. The Morgan fingerprint density at radius 3 is 2.60 bits per heavy atom. The van der Waals surface area contributed by atoms with E-state index in [9.17, 15) is 4.79 Å². The molecule has 3 aromatic rings. The van der Waals surface area contributed by atoms with Gasteiger partial charge in [-0.25, -0.2) is 0 Å². The summed E-state index contributed by atoms with van der Waals surface area (Å²) in [7, 11) is 1.85. The summed E-state index contributed by atoms with van der Waals surface area (Å²) in [6, 6.07) is 16.5. The Bertz CT molecular complexity index is 868. The first-order chi connectivity index (χ1) is 12.1. The van der Waals surface area contributed by atoms with Gasteiger partial charge in [-0.2, -0.15) is 0 Å². The highest BCUT2D eigenvalue weighted by Crippen LogP contribution is 2.24. The van der Waals surface area contributed by atoms with E-state index >= 15 is 0 Å². The Balaban J connectivity index is 1.59. The number of hydrogen-bond acceptors (Lipinski definition) is 5. The number of ketones is 1. The summed E-state index contributed by atoms with van der Waals surface area (Å²) in [5.74, 6) is 1.62. The number of carbonyl (C=O) groups excluding carboxylic acids is 1. The van der Waals surface area contributed by atoms with Crippen LogP contribution in [-0.4, -0.2) is 26.3 Å². The maximum Gasteiger partial charge on any atom is 0.191 e. The van der Waals surface area contributed by atoms with Gasteiger partial charge in [0.1, 0.15) is 12.4 Å². The van der Waals surface area contributed by atoms with Crippen molar-refractivity contribution in [1.82, 2.24) is 14.8 Å². The van der Waals surface area contributed by atoms with Crippen molar-refractivity contribution in [2.45, 2.75) is 11.8 Å². The monoisotopic (exact) mass is 373 g/mol. The first-order valence-electron chi connectivity index (χ1n) is 7.62. The van der Waals surface area contributed by atoms with E-state index in [0.29, 0.717) is 33.1 Å². The number of rotatable bonds is 7. The van der Waals surface area contributed by atoms with Crippen LogP contribution in [0.2, 0.25) is 5.02 Å². The molecule has 0 radical (unpaired) electrons. The molecule has 0 fully saturated rings. The highest BCUT2D eigenvalue weighted by atomic mass is 35.5. The molecule has 1 aromatic heterocycles. The van der Waals surface area contributed by atoms with Crippen molar-refractivity contribution in [2.24, 2.45) is 7.05 Å². The van der Waals surface area contributed by atoms with E-state index in [0.717, 1.165) is 0 Å². The molecule has 5 nitrogen and oxygen atoms in total. The smallest absolute Gasteiger partial charge is 0.191 e. The maximum atomic E-state index is 12.2. The molecular formula is C18H16ClN3O2S. The number of nitrogens with zero attached hydrogens (tertiary/aromatic N) is 3. The van der Waals surface area contributed by atoms with E-state index in [1.165, 1.54) is 11.8 Å². The molecule has 0 bridgehead atoms. The second-order valence-electron chi connectivity index (χ2n) is 5.25. The van der Waals surface area contributed by atoms with E-state index in [1.54, 1.807) is 12.1 Å². The molecule has 0 N–H and O–H groups in total. The number of Topliss-reactive ketones (excluding diaryl/α,β-unsaturated/α-hetero) is 1. The molecule has 0 aliphatic carbocycles. The van der Waals surface area contributed by atoms with Gasteiger partial charge in [-0.15, -0.1) is 10.2 Å². The number of halogens is 1. The molecule has 2 aromatic carbocycles. The molecule has 0 atom stereocenters. The first kappa shape index (κ1) is 17.5. The summed E-state index contributed by atoms with van der Waals surface area (Å²) in [6.07, 6.45) is 0. The molecule has 0 aliphatic rings. The van der Waals surface area contributed by atoms with Gasteiger partial charge in [-0.1, -0.05) is 65.8 Å². The van der Waals surface area contributed by atoms with Crippen LogP contribution in [0.5, 0.6) is 5.75 Å². The fraction of sp³-hybridized carbons (Fsp3) is 0.167. The van der Waals surface area contributed by atoms with Gasteiger partial charge >= 0.3 is 0 Å². The molecule has 128 valence electrons. The van der Waals surface area contributed by atoms with E-state index in [4.69, 9.17) is 16.3 Å². The Morgan fingerprint density at radius 1 is 1.12 bits per heavy atom. The zero-order valence-corrected chi connectivity index (χ0v) is 15.1. The molecule has 0 unspecified atom stereocenters. The molecule has 3 rings (SSSR count). The average molecular weight is 374 g/mol. The van der Waals surface area contributed by atoms with Crippen LogP contribution in [0, 0.1) is 0 Å². The number of para-hydroxylation sites is 1. The third kappa shape index (κ3) is 4.41. The highest BCUT2D eigenvalue weighted by Gasteiger charge is 2.13. The number of benzene rings is 2. The van der Waals surface area contributed by atoms with Gasteiger partial charge in [0.15, 0.2) is 16.8 Å². The zero-order valence-electron chi connectivity index (χ0n) is 13.6. The molecule has 7 heteroatoms. The molecule has 0 aliphatic heterocycles. The second-order valence-corrected chi connectivity index (χ2v) is 6.60. The Labute approximate surface area is 155 Å². The first-order valence-corrected chi connectivity index (χ1v) is 8.98. The predicted molar refractivity (Wildman–Crippen MR) is 98.3 cm³/mol. The summed E-state index contributed by atoms with van der Waals surface area (Å²) < 4.78 is 7.50. The lowest BCUT2D eigenvalue weighted by atomic mass is 10.2. The van der Waals surface area contributed by atoms with Crippen molar-refractivity contribution in [2.75, 3.05) is 5.75 Å². The lowest BCUT2D eigenvalue weighted by molar-refractivity contribution is 0.102. The van der Waals surface area contributed by atoms with Gasteiger partial charge in [0.25, 0.3) is 0 Å². The Hall–Kier alpha value is -2.31. The van der Waals surface area contributed by atoms with E-state index in [-0.39, 0.29) is 12.4 Å². The summed E-state index contributed by atoms with van der Waals surface area (Å²) >= 11 is 7.42. The van der Waals surface area contributed by atoms with Crippen LogP contribution < -0.4 is 4.74 Å². The maximum absolute atomic E-state index is 12.2. The summed E-state index contributed by atoms with van der Waals surface area (Å²) in [6.45, 7) is 0.250. The minimum Gasteiger partial charge on any atom is -0.484 e. The van der Waals surface area contributed by atoms with Gasteiger partial charge < -0.3 is 9.30 Å². The minimum absolute atomic E-state index is 0.0578. The van der Waals surface area contributed by atoms with E-state index < -0.39 is 0 Å². The Kier molecular flexibility index (Phi) is 5.73. The van der Waals surface area contributed by atoms with Gasteiger partial charge in [0.05, 0.1) is 10.8 Å². The summed E-state index contributed by atoms with van der Waals surface area (Å²) in [4.78, 5) is 12.2. The van der Waals surface area contributed by atoms with Crippen molar-refractivity contribution in [3.05, 3.63) is 71.0 Å². The SMILES string of the molecule is Cn1c(COc2ccccc2Cl)nnc1SCC(=O)c1ccccc1. The molecule has 0 saturated heterocycles. The third-order valence-electron chi connectivity index (χ3n) is 3.55. The lowest BCUT2D eigenvalue weighted by Gasteiger charge is -2.07. The van der Waals surface area contributed by atoms with Gasteiger partial charge in [-0.3, -0.25) is 4.79 Å². The highest BCUT2D eigenvalue weighted by molar-refractivity contribution is 7.99. The van der Waals surface area contributed by atoms with Crippen LogP contribution >= 0.6 is 23.4 Å². The standard InChI is InChI=1S/C18H16ClN3O2S/c1-22-17(11-24-16-10-6-5-9-14(16)19)20-21-18(22)25-12-15(23)13-7-3-2-4-8-13/h2-10H,11-12H2,1H3. The summed E-state index contributed by atoms with van der Waals surface area (Å²) in [5, 5.41) is 9.47. The molecule has 0 spiro atoms. The van der Waals surface area contributed by atoms with Crippen molar-refractivity contribution in [3.63, 3.8) is 0 Å². The predicted octanol–water partition coefficient (Wildman–Crippen LogP) is 4.02. The largest absolute Gasteiger partial charge is 0.484 e. The van der Waals surface area contributed by atoms with E-state index in [2.05, 4.69) is 10.2 Å². The lowest BCUT2D eigenvalue weighted by Crippen LogP contribution is -2.06. The van der Waals surface area contributed by atoms with Crippen LogP contribution in [0.1, 0.15) is 16.2 Å². The molecule has 1 heterocycles. The van der Waals surface area contributed by atoms with Crippen LogP contribution in [0.15, 0.2) is 59.8 Å². The molecular weight excluding hydrogens is 358 g/mol. The molecule has 0 saturated carbocycles. The van der Waals surface area contributed by atoms with Crippen molar-refractivity contribution in [3.8, 4) is 5.75 Å². The molecule has 0 amide bonds. The number of ether oxygens (including phenoxy) is 1. The number of aromatic nitrogens is 3. The van der Waals surface area contributed by atoms with Crippen LogP contribution in [0.25, 0.3) is 0 Å². The van der Waals surface area contributed by atoms with Crippen LogP contribution in [0.4, 0.5) is 0 Å². The van der Waals surface area contributed by atoms with Crippen molar-refractivity contribution < 1.29 is 9.53 Å². The van der Waals surface area contributed by atoms with E-state index in [1.807, 2.05) is 54.1 Å². The Morgan fingerprint density at radius 2 is 1.84 bits per heavy atom. The average Bonchev–Trinajstić information content (AvgIpc) is 2.99. The van der Waals surface area contributed by atoms with Crippen molar-refractivity contribution in [1.29, 1.82) is 0 Å². The van der Waals surface area contributed by atoms with Crippen LogP contribution in [-0.2, 0) is 13.7 Å². The fourth-order valence-electron chi connectivity index (χ4n) is 2.14. The minimum atomic E-state index is 0.0578. The van der Waals surface area contributed by atoms with Gasteiger partial charge in [0.2, 0.25) is 0 Å². The fourth-order valence-corrected chi connectivity index (χ4v) is 3.15.